The Kier molecular flexibility index (Phi) is 6.24. The summed E-state index contributed by atoms with van der Waals surface area (Å²) < 4.78 is 11.5. The zero-order chi connectivity index (χ0) is 21.2. The highest BCUT2D eigenvalue weighted by Gasteiger charge is 2.48. The number of benzene rings is 2. The van der Waals surface area contributed by atoms with Gasteiger partial charge in [-0.25, -0.2) is 0 Å². The van der Waals surface area contributed by atoms with Crippen LogP contribution in [-0.4, -0.2) is 59.0 Å². The minimum Gasteiger partial charge on any atom is -0.461 e. The highest BCUT2D eigenvalue weighted by atomic mass is 16.7. The molecule has 4 atom stereocenters. The summed E-state index contributed by atoms with van der Waals surface area (Å²) in [6, 6.07) is 12.8. The Morgan fingerprint density at radius 1 is 1.28 bits per heavy atom. The fourth-order valence-electron chi connectivity index (χ4n) is 3.34. The standard InChI is InChI=1S/C22H27NO6/c1-13-9-15(14-5-4-6-16(10-14)20(26)23-3)7-8-18(13)29-21-22(2,27)19(25)11-17(12-24)28-21/h4-10,17,19,21,24-25,27H,11-12H2,1-3H3,(H,23,26)/t17-,19-,21+,22-/m0/s1. The van der Waals surface area contributed by atoms with Crippen molar-refractivity contribution >= 4 is 5.91 Å². The first-order chi connectivity index (χ1) is 13.8. The zero-order valence-electron chi connectivity index (χ0n) is 16.8. The minimum absolute atomic E-state index is 0.128. The summed E-state index contributed by atoms with van der Waals surface area (Å²) in [5.41, 5.74) is 1.55. The number of nitrogens with one attached hydrogen (secondary N) is 1. The predicted octanol–water partition coefficient (Wildman–Crippen LogP) is 1.62. The largest absolute Gasteiger partial charge is 0.461 e. The van der Waals surface area contributed by atoms with Gasteiger partial charge >= 0.3 is 0 Å². The molecule has 156 valence electrons. The maximum atomic E-state index is 11.9. The quantitative estimate of drug-likeness (QED) is 0.606. The van der Waals surface area contributed by atoms with E-state index >= 15 is 0 Å². The maximum Gasteiger partial charge on any atom is 0.251 e. The minimum atomic E-state index is -1.61. The Morgan fingerprint density at radius 2 is 2.00 bits per heavy atom. The Morgan fingerprint density at radius 3 is 2.66 bits per heavy atom. The van der Waals surface area contributed by atoms with Crippen molar-refractivity contribution in [3.63, 3.8) is 0 Å². The first-order valence-corrected chi connectivity index (χ1v) is 9.52. The van der Waals surface area contributed by atoms with Crippen LogP contribution in [-0.2, 0) is 4.74 Å². The number of hydrogen-bond donors (Lipinski definition) is 4. The van der Waals surface area contributed by atoms with Crippen molar-refractivity contribution in [3.05, 3.63) is 53.6 Å². The first-order valence-electron chi connectivity index (χ1n) is 9.52. The molecule has 7 nitrogen and oxygen atoms in total. The molecule has 1 heterocycles. The third-order valence-corrected chi connectivity index (χ3v) is 5.25. The van der Waals surface area contributed by atoms with Crippen LogP contribution in [0.5, 0.6) is 5.75 Å². The lowest BCUT2D eigenvalue weighted by Gasteiger charge is -2.43. The first kappa shape index (κ1) is 21.3. The number of hydrogen-bond acceptors (Lipinski definition) is 6. The van der Waals surface area contributed by atoms with E-state index in [-0.39, 0.29) is 18.9 Å². The van der Waals surface area contributed by atoms with Crippen LogP contribution in [0.1, 0.15) is 29.3 Å². The van der Waals surface area contributed by atoms with E-state index < -0.39 is 24.1 Å². The number of carbonyl (C=O) groups excluding carboxylic acids is 1. The number of aliphatic hydroxyl groups is 3. The fourth-order valence-corrected chi connectivity index (χ4v) is 3.34. The summed E-state index contributed by atoms with van der Waals surface area (Å²) in [5, 5.41) is 32.7. The third kappa shape index (κ3) is 4.43. The van der Waals surface area contributed by atoms with Gasteiger partial charge < -0.3 is 30.1 Å². The molecule has 1 aliphatic rings. The van der Waals surface area contributed by atoms with Gasteiger partial charge in [-0.05, 0) is 54.8 Å². The smallest absolute Gasteiger partial charge is 0.251 e. The molecule has 29 heavy (non-hydrogen) atoms. The highest BCUT2D eigenvalue weighted by Crippen LogP contribution is 2.33. The van der Waals surface area contributed by atoms with E-state index in [1.165, 1.54) is 6.92 Å². The zero-order valence-corrected chi connectivity index (χ0v) is 16.8. The number of rotatable bonds is 5. The molecular weight excluding hydrogens is 374 g/mol. The highest BCUT2D eigenvalue weighted by molar-refractivity contribution is 5.95. The van der Waals surface area contributed by atoms with Gasteiger partial charge in [0.25, 0.3) is 5.91 Å². The summed E-state index contributed by atoms with van der Waals surface area (Å²) in [7, 11) is 1.59. The Labute approximate surface area is 169 Å². The topological polar surface area (TPSA) is 108 Å². The SMILES string of the molecule is CNC(=O)c1cccc(-c2ccc(O[C@H]3O[C@H](CO)C[C@H](O)[C@]3(C)O)c(C)c2)c1. The molecule has 0 aromatic heterocycles. The van der Waals surface area contributed by atoms with Crippen LogP contribution in [0.4, 0.5) is 0 Å². The van der Waals surface area contributed by atoms with E-state index in [4.69, 9.17) is 9.47 Å². The van der Waals surface area contributed by atoms with Crippen molar-refractivity contribution < 1.29 is 29.6 Å². The van der Waals surface area contributed by atoms with Gasteiger partial charge in [-0.3, -0.25) is 4.79 Å². The molecule has 3 rings (SSSR count). The summed E-state index contributed by atoms with van der Waals surface area (Å²) in [4.78, 5) is 11.9. The second kappa shape index (κ2) is 8.51. The van der Waals surface area contributed by atoms with Gasteiger partial charge in [0, 0.05) is 19.0 Å². The van der Waals surface area contributed by atoms with Crippen molar-refractivity contribution in [2.24, 2.45) is 0 Å². The number of aryl methyl sites for hydroxylation is 1. The fraction of sp³-hybridized carbons (Fsp3) is 0.409. The molecule has 2 aromatic carbocycles. The Balaban J connectivity index is 1.84. The van der Waals surface area contributed by atoms with Gasteiger partial charge in [0.05, 0.1) is 18.8 Å². The summed E-state index contributed by atoms with van der Waals surface area (Å²) in [6.45, 7) is 3.04. The van der Waals surface area contributed by atoms with Crippen LogP contribution < -0.4 is 10.1 Å². The van der Waals surface area contributed by atoms with Crippen LogP contribution in [0.2, 0.25) is 0 Å². The Hall–Kier alpha value is -2.45. The molecule has 4 N–H and O–H groups in total. The van der Waals surface area contributed by atoms with Crippen molar-refractivity contribution in [1.82, 2.24) is 5.32 Å². The van der Waals surface area contributed by atoms with E-state index in [0.29, 0.717) is 11.3 Å². The normalized spacial score (nSPS) is 26.8. The maximum absolute atomic E-state index is 11.9. The summed E-state index contributed by atoms with van der Waals surface area (Å²) >= 11 is 0. The lowest BCUT2D eigenvalue weighted by Crippen LogP contribution is -2.60. The van der Waals surface area contributed by atoms with E-state index in [1.807, 2.05) is 37.3 Å². The van der Waals surface area contributed by atoms with Gasteiger partial charge in [-0.2, -0.15) is 0 Å². The van der Waals surface area contributed by atoms with Gasteiger partial charge in [0.2, 0.25) is 6.29 Å². The monoisotopic (exact) mass is 401 g/mol. The van der Waals surface area contributed by atoms with E-state index in [0.717, 1.165) is 16.7 Å². The molecule has 0 spiro atoms. The molecule has 1 saturated heterocycles. The summed E-state index contributed by atoms with van der Waals surface area (Å²) in [5.74, 6) is 0.337. The molecule has 2 aromatic rings. The molecule has 1 fully saturated rings. The van der Waals surface area contributed by atoms with Crippen molar-refractivity contribution in [2.75, 3.05) is 13.7 Å². The average molecular weight is 401 g/mol. The molecular formula is C22H27NO6. The van der Waals surface area contributed by atoms with E-state index in [2.05, 4.69) is 5.32 Å². The molecule has 1 aliphatic heterocycles. The Bertz CT molecular complexity index is 881. The third-order valence-electron chi connectivity index (χ3n) is 5.25. The van der Waals surface area contributed by atoms with Crippen LogP contribution in [0.3, 0.4) is 0 Å². The second-order valence-corrected chi connectivity index (χ2v) is 7.51. The van der Waals surface area contributed by atoms with Crippen LogP contribution in [0.25, 0.3) is 11.1 Å². The molecule has 0 saturated carbocycles. The molecule has 7 heteroatoms. The van der Waals surface area contributed by atoms with Crippen molar-refractivity contribution in [1.29, 1.82) is 0 Å². The number of amides is 1. The molecule has 1 amide bonds. The number of carbonyl (C=O) groups is 1. The lowest BCUT2D eigenvalue weighted by atomic mass is 9.90. The van der Waals surface area contributed by atoms with Crippen molar-refractivity contribution in [2.45, 2.75) is 44.4 Å². The van der Waals surface area contributed by atoms with Crippen molar-refractivity contribution in [3.8, 4) is 16.9 Å². The van der Waals surface area contributed by atoms with Crippen LogP contribution in [0, 0.1) is 6.92 Å². The molecule has 0 unspecified atom stereocenters. The average Bonchev–Trinajstić information content (AvgIpc) is 2.72. The summed E-state index contributed by atoms with van der Waals surface area (Å²) in [6.07, 6.45) is -2.68. The predicted molar refractivity (Wildman–Crippen MR) is 108 cm³/mol. The second-order valence-electron chi connectivity index (χ2n) is 7.51. The van der Waals surface area contributed by atoms with Crippen LogP contribution >= 0.6 is 0 Å². The van der Waals surface area contributed by atoms with Crippen LogP contribution in [0.15, 0.2) is 42.5 Å². The lowest BCUT2D eigenvalue weighted by molar-refractivity contribution is -0.283. The number of ether oxygens (including phenoxy) is 2. The van der Waals surface area contributed by atoms with Gasteiger partial charge in [0.1, 0.15) is 11.4 Å². The molecule has 0 bridgehead atoms. The van der Waals surface area contributed by atoms with E-state index in [9.17, 15) is 20.1 Å². The van der Waals surface area contributed by atoms with Gasteiger partial charge in [0.15, 0.2) is 0 Å². The van der Waals surface area contributed by atoms with Gasteiger partial charge in [-0.1, -0.05) is 18.2 Å². The van der Waals surface area contributed by atoms with Gasteiger partial charge in [-0.15, -0.1) is 0 Å². The molecule has 0 radical (unpaired) electrons. The van der Waals surface area contributed by atoms with E-state index in [1.54, 1.807) is 19.2 Å². The number of aliphatic hydroxyl groups excluding tert-OH is 2. The molecule has 0 aliphatic carbocycles.